The average molecular weight is 651 g/mol. The first-order valence-corrected chi connectivity index (χ1v) is 15.9. The molecule has 0 saturated carbocycles. The van der Waals surface area contributed by atoms with Crippen LogP contribution in [0.1, 0.15) is 37.8 Å². The molecule has 2 amide bonds. The third-order valence-corrected chi connectivity index (χ3v) is 9.39. The van der Waals surface area contributed by atoms with Gasteiger partial charge in [0.1, 0.15) is 12.6 Å². The summed E-state index contributed by atoms with van der Waals surface area (Å²) >= 11 is 12.3. The molecule has 3 aromatic carbocycles. The Morgan fingerprint density at radius 1 is 0.930 bits per heavy atom. The molecular formula is C31H37Cl2N3O6S. The normalized spacial score (nSPS) is 11.9. The second-order valence-corrected chi connectivity index (χ2v) is 12.6. The first kappa shape index (κ1) is 34.0. The summed E-state index contributed by atoms with van der Waals surface area (Å²) in [6.07, 6.45) is 1.67. The van der Waals surface area contributed by atoms with Crippen molar-refractivity contribution in [2.45, 2.75) is 51.1 Å². The number of amides is 2. The summed E-state index contributed by atoms with van der Waals surface area (Å²) in [6, 6.07) is 15.0. The van der Waals surface area contributed by atoms with Crippen LogP contribution in [0.25, 0.3) is 0 Å². The highest BCUT2D eigenvalue weighted by atomic mass is 35.5. The van der Waals surface area contributed by atoms with Gasteiger partial charge < -0.3 is 19.7 Å². The van der Waals surface area contributed by atoms with Crippen molar-refractivity contribution in [2.24, 2.45) is 0 Å². The van der Waals surface area contributed by atoms with Crippen LogP contribution in [0.2, 0.25) is 10.0 Å². The fourth-order valence-electron chi connectivity index (χ4n) is 4.30. The SMILES string of the molecule is CCCCNC(=O)C(C)N(Cc1ccc(Cl)c(Cl)c1)C(=O)CN(c1ccc(C)cc1)S(=O)(=O)c1ccc(OC)c(OC)c1. The zero-order chi connectivity index (χ0) is 31.7. The predicted molar refractivity (Wildman–Crippen MR) is 170 cm³/mol. The largest absolute Gasteiger partial charge is 0.493 e. The summed E-state index contributed by atoms with van der Waals surface area (Å²) < 4.78 is 39.8. The summed E-state index contributed by atoms with van der Waals surface area (Å²) in [7, 11) is -1.43. The molecule has 0 saturated heterocycles. The Labute approximate surface area is 263 Å². The number of ether oxygens (including phenoxy) is 2. The van der Waals surface area contributed by atoms with Gasteiger partial charge >= 0.3 is 0 Å². The third-order valence-electron chi connectivity index (χ3n) is 6.88. The maximum atomic E-state index is 14.1. The van der Waals surface area contributed by atoms with Gasteiger partial charge in [0.2, 0.25) is 11.8 Å². The third kappa shape index (κ3) is 8.55. The Balaban J connectivity index is 2.05. The van der Waals surface area contributed by atoms with Crippen molar-refractivity contribution in [2.75, 3.05) is 31.6 Å². The fraction of sp³-hybridized carbons (Fsp3) is 0.355. The molecule has 9 nitrogen and oxygen atoms in total. The van der Waals surface area contributed by atoms with Gasteiger partial charge in [0.05, 0.1) is 34.8 Å². The van der Waals surface area contributed by atoms with Crippen molar-refractivity contribution in [3.63, 3.8) is 0 Å². The van der Waals surface area contributed by atoms with Crippen LogP contribution in [0.4, 0.5) is 5.69 Å². The van der Waals surface area contributed by atoms with E-state index in [0.29, 0.717) is 27.9 Å². The summed E-state index contributed by atoms with van der Waals surface area (Å²) in [5, 5.41) is 3.50. The van der Waals surface area contributed by atoms with Gasteiger partial charge in [-0.25, -0.2) is 8.42 Å². The monoisotopic (exact) mass is 649 g/mol. The Hall–Kier alpha value is -3.47. The minimum absolute atomic E-state index is 0.00374. The van der Waals surface area contributed by atoms with Crippen LogP contribution in [-0.2, 0) is 26.2 Å². The van der Waals surface area contributed by atoms with E-state index >= 15 is 0 Å². The van der Waals surface area contributed by atoms with Crippen molar-refractivity contribution in [1.29, 1.82) is 0 Å². The number of benzene rings is 3. The molecule has 0 aromatic heterocycles. The van der Waals surface area contributed by atoms with Gasteiger partial charge in [0, 0.05) is 19.2 Å². The van der Waals surface area contributed by atoms with Crippen molar-refractivity contribution in [3.05, 3.63) is 81.8 Å². The number of methoxy groups -OCH3 is 2. The molecule has 1 unspecified atom stereocenters. The second kappa shape index (κ2) is 15.3. The van der Waals surface area contributed by atoms with Crippen LogP contribution < -0.4 is 19.1 Å². The number of anilines is 1. The van der Waals surface area contributed by atoms with Crippen LogP contribution in [0.3, 0.4) is 0 Å². The second-order valence-electron chi connectivity index (χ2n) is 9.95. The summed E-state index contributed by atoms with van der Waals surface area (Å²) in [5.41, 5.74) is 1.82. The number of unbranched alkanes of at least 4 members (excludes halogenated alkanes) is 1. The van der Waals surface area contributed by atoms with Crippen molar-refractivity contribution in [3.8, 4) is 11.5 Å². The number of sulfonamides is 1. The molecule has 0 heterocycles. The number of nitrogens with zero attached hydrogens (tertiary/aromatic N) is 2. The first-order valence-electron chi connectivity index (χ1n) is 13.8. The molecule has 43 heavy (non-hydrogen) atoms. The quantitative estimate of drug-likeness (QED) is 0.220. The summed E-state index contributed by atoms with van der Waals surface area (Å²) in [4.78, 5) is 28.4. The standard InChI is InChI=1S/C31H37Cl2N3O6S/c1-6-7-16-34-31(38)22(3)35(19-23-10-14-26(32)27(33)17-23)30(37)20-36(24-11-8-21(2)9-12-24)43(39,40)25-13-15-28(41-4)29(18-25)42-5/h8-15,17-18,22H,6-7,16,19-20H2,1-5H3,(H,34,38). The molecule has 0 aliphatic heterocycles. The number of halogens is 2. The number of carbonyl (C=O) groups excluding carboxylic acids is 2. The molecule has 0 spiro atoms. The number of rotatable bonds is 14. The van der Waals surface area contributed by atoms with E-state index in [9.17, 15) is 18.0 Å². The Kier molecular flexibility index (Phi) is 12.1. The van der Waals surface area contributed by atoms with Gasteiger partial charge in [0.15, 0.2) is 11.5 Å². The molecular weight excluding hydrogens is 613 g/mol. The maximum absolute atomic E-state index is 14.1. The highest BCUT2D eigenvalue weighted by Gasteiger charge is 2.33. The van der Waals surface area contributed by atoms with E-state index < -0.39 is 28.5 Å². The Bertz CT molecular complexity index is 1530. The fourth-order valence-corrected chi connectivity index (χ4v) is 6.05. The predicted octanol–water partition coefficient (Wildman–Crippen LogP) is 5.85. The van der Waals surface area contributed by atoms with Crippen molar-refractivity contribution < 1.29 is 27.5 Å². The zero-order valence-electron chi connectivity index (χ0n) is 24.9. The molecule has 12 heteroatoms. The lowest BCUT2D eigenvalue weighted by atomic mass is 10.1. The van der Waals surface area contributed by atoms with Gasteiger partial charge in [-0.05, 0) is 62.2 Å². The first-order chi connectivity index (χ1) is 20.4. The molecule has 0 radical (unpaired) electrons. The highest BCUT2D eigenvalue weighted by molar-refractivity contribution is 7.92. The summed E-state index contributed by atoms with van der Waals surface area (Å²) in [6.45, 7) is 5.37. The van der Waals surface area contributed by atoms with E-state index in [1.807, 2.05) is 13.8 Å². The van der Waals surface area contributed by atoms with E-state index in [-0.39, 0.29) is 28.8 Å². The number of hydrogen-bond acceptors (Lipinski definition) is 6. The van der Waals surface area contributed by atoms with E-state index in [1.54, 1.807) is 49.4 Å². The molecule has 0 fully saturated rings. The Morgan fingerprint density at radius 3 is 2.21 bits per heavy atom. The van der Waals surface area contributed by atoms with Crippen LogP contribution >= 0.6 is 23.2 Å². The van der Waals surface area contributed by atoms with Crippen molar-refractivity contribution >= 4 is 50.7 Å². The smallest absolute Gasteiger partial charge is 0.264 e. The number of hydrogen-bond donors (Lipinski definition) is 1. The van der Waals surface area contributed by atoms with Crippen LogP contribution in [0.15, 0.2) is 65.6 Å². The molecule has 232 valence electrons. The minimum Gasteiger partial charge on any atom is -0.493 e. The lowest BCUT2D eigenvalue weighted by molar-refractivity contribution is -0.139. The van der Waals surface area contributed by atoms with Gasteiger partial charge in [0.25, 0.3) is 10.0 Å². The summed E-state index contributed by atoms with van der Waals surface area (Å²) in [5.74, 6) is -0.368. The number of carbonyl (C=O) groups is 2. The lowest BCUT2D eigenvalue weighted by Crippen LogP contribution is -2.51. The van der Waals surface area contributed by atoms with Crippen LogP contribution in [-0.4, -0.2) is 58.5 Å². The van der Waals surface area contributed by atoms with Gasteiger partial charge in [-0.3, -0.25) is 13.9 Å². The topological polar surface area (TPSA) is 105 Å². The lowest BCUT2D eigenvalue weighted by Gasteiger charge is -2.32. The van der Waals surface area contributed by atoms with E-state index in [0.717, 1.165) is 22.7 Å². The van der Waals surface area contributed by atoms with Crippen LogP contribution in [0, 0.1) is 6.92 Å². The van der Waals surface area contributed by atoms with Crippen molar-refractivity contribution in [1.82, 2.24) is 10.2 Å². The van der Waals surface area contributed by atoms with Crippen LogP contribution in [0.5, 0.6) is 11.5 Å². The van der Waals surface area contributed by atoms with Gasteiger partial charge in [-0.1, -0.05) is 60.3 Å². The van der Waals surface area contributed by atoms with Gasteiger partial charge in [-0.2, -0.15) is 0 Å². The average Bonchev–Trinajstić information content (AvgIpc) is 3.00. The minimum atomic E-state index is -4.29. The molecule has 3 aromatic rings. The molecule has 3 rings (SSSR count). The molecule has 1 atom stereocenters. The van der Waals surface area contributed by atoms with Gasteiger partial charge in [-0.15, -0.1) is 0 Å². The van der Waals surface area contributed by atoms with E-state index in [4.69, 9.17) is 32.7 Å². The van der Waals surface area contributed by atoms with E-state index in [2.05, 4.69) is 5.32 Å². The molecule has 0 bridgehead atoms. The number of nitrogens with one attached hydrogen (secondary N) is 1. The molecule has 0 aliphatic carbocycles. The molecule has 0 aliphatic rings. The van der Waals surface area contributed by atoms with E-state index in [1.165, 1.54) is 37.3 Å². The maximum Gasteiger partial charge on any atom is 0.264 e. The highest BCUT2D eigenvalue weighted by Crippen LogP contribution is 2.32. The number of aryl methyl sites for hydroxylation is 1. The molecule has 1 N–H and O–H groups in total. The Morgan fingerprint density at radius 2 is 1.60 bits per heavy atom. The zero-order valence-corrected chi connectivity index (χ0v) is 27.2.